The van der Waals surface area contributed by atoms with E-state index < -0.39 is 0 Å². The van der Waals surface area contributed by atoms with Gasteiger partial charge in [0.15, 0.2) is 6.33 Å². The standard InChI is InChI=1S/C22H26N6O3/c29-18-3-1-2-17(6-18)27-11-16(5-19(27)30)20(31)25-21-7-14-4-15(8-21)10-22(9-14,12-21)28-24-13-23-26-28/h1-3,6,13-16,29H,4-5,7-12H2,(H,25,31). The smallest absolute Gasteiger partial charge is 0.227 e. The summed E-state index contributed by atoms with van der Waals surface area (Å²) >= 11 is 0. The number of tetrazole rings is 1. The number of hydrogen-bond donors (Lipinski definition) is 2. The number of rotatable bonds is 4. The van der Waals surface area contributed by atoms with Crippen LogP contribution in [-0.4, -0.2) is 49.2 Å². The van der Waals surface area contributed by atoms with Crippen molar-refractivity contribution in [1.82, 2.24) is 25.5 Å². The number of hydrogen-bond acceptors (Lipinski definition) is 6. The third-order valence-corrected chi connectivity index (χ3v) is 7.83. The Labute approximate surface area is 179 Å². The highest BCUT2D eigenvalue weighted by Gasteiger charge is 2.60. The normalized spacial score (nSPS) is 36.2. The zero-order valence-electron chi connectivity index (χ0n) is 17.3. The highest BCUT2D eigenvalue weighted by molar-refractivity contribution is 6.00. The molecule has 2 heterocycles. The van der Waals surface area contributed by atoms with E-state index >= 15 is 0 Å². The molecule has 4 aliphatic carbocycles. The first-order chi connectivity index (χ1) is 14.9. The first-order valence-corrected chi connectivity index (χ1v) is 11.1. The van der Waals surface area contributed by atoms with Gasteiger partial charge in [-0.2, -0.15) is 4.80 Å². The number of phenols is 1. The molecular formula is C22H26N6O3. The maximum absolute atomic E-state index is 13.3. The van der Waals surface area contributed by atoms with Crippen LogP contribution in [0.4, 0.5) is 5.69 Å². The van der Waals surface area contributed by atoms with Crippen LogP contribution in [0.5, 0.6) is 5.75 Å². The zero-order valence-corrected chi connectivity index (χ0v) is 17.3. The molecule has 2 amide bonds. The number of nitrogens with zero attached hydrogens (tertiary/aromatic N) is 5. The predicted octanol–water partition coefficient (Wildman–Crippen LogP) is 1.60. The molecule has 2 aromatic rings. The van der Waals surface area contributed by atoms with Crippen LogP contribution < -0.4 is 10.2 Å². The van der Waals surface area contributed by atoms with Crippen LogP contribution in [0, 0.1) is 17.8 Å². The van der Waals surface area contributed by atoms with E-state index in [2.05, 4.69) is 20.7 Å². The van der Waals surface area contributed by atoms with E-state index in [9.17, 15) is 14.7 Å². The number of anilines is 1. The molecule has 0 spiro atoms. The molecule has 1 aromatic heterocycles. The third-order valence-electron chi connectivity index (χ3n) is 7.83. The highest BCUT2D eigenvalue weighted by Crippen LogP contribution is 2.60. The Morgan fingerprint density at radius 3 is 2.71 bits per heavy atom. The van der Waals surface area contributed by atoms with Crippen LogP contribution in [0.15, 0.2) is 30.6 Å². The lowest BCUT2D eigenvalue weighted by Crippen LogP contribution is -2.66. The summed E-state index contributed by atoms with van der Waals surface area (Å²) in [7, 11) is 0. The summed E-state index contributed by atoms with van der Waals surface area (Å²) in [4.78, 5) is 29.3. The van der Waals surface area contributed by atoms with Crippen molar-refractivity contribution < 1.29 is 14.7 Å². The Balaban J connectivity index is 1.21. The zero-order chi connectivity index (χ0) is 21.2. The van der Waals surface area contributed by atoms with Gasteiger partial charge in [0.1, 0.15) is 5.75 Å². The number of phenolic OH excluding ortho intramolecular Hbond substituents is 1. The largest absolute Gasteiger partial charge is 0.508 e. The molecule has 3 unspecified atom stereocenters. The van der Waals surface area contributed by atoms with Gasteiger partial charge in [0.2, 0.25) is 11.8 Å². The molecule has 1 saturated heterocycles. The van der Waals surface area contributed by atoms with Gasteiger partial charge in [0, 0.05) is 30.3 Å². The van der Waals surface area contributed by atoms with Crippen molar-refractivity contribution in [3.63, 3.8) is 0 Å². The summed E-state index contributed by atoms with van der Waals surface area (Å²) < 4.78 is 0. The van der Waals surface area contributed by atoms with Crippen molar-refractivity contribution in [3.05, 3.63) is 30.6 Å². The monoisotopic (exact) mass is 422 g/mol. The molecule has 1 aliphatic heterocycles. The second kappa shape index (κ2) is 6.51. The second-order valence-corrected chi connectivity index (χ2v) is 10.1. The van der Waals surface area contributed by atoms with Gasteiger partial charge in [0.05, 0.1) is 11.5 Å². The lowest BCUT2D eigenvalue weighted by atomic mass is 9.50. The molecule has 9 heteroatoms. The summed E-state index contributed by atoms with van der Waals surface area (Å²) in [6, 6.07) is 6.62. The maximum Gasteiger partial charge on any atom is 0.227 e. The van der Waals surface area contributed by atoms with E-state index in [1.54, 1.807) is 34.0 Å². The Hall–Kier alpha value is -2.97. The lowest BCUT2D eigenvalue weighted by Gasteiger charge is -2.61. The van der Waals surface area contributed by atoms with E-state index in [-0.39, 0.29) is 41.0 Å². The van der Waals surface area contributed by atoms with Gasteiger partial charge in [-0.15, -0.1) is 10.2 Å². The van der Waals surface area contributed by atoms with Crippen molar-refractivity contribution in [3.8, 4) is 5.75 Å². The molecule has 4 bridgehead atoms. The van der Waals surface area contributed by atoms with Crippen LogP contribution in [0.2, 0.25) is 0 Å². The number of benzene rings is 1. The molecule has 162 valence electrons. The van der Waals surface area contributed by atoms with Gasteiger partial charge >= 0.3 is 0 Å². The van der Waals surface area contributed by atoms with Crippen LogP contribution in [0.1, 0.15) is 44.9 Å². The number of carbonyl (C=O) groups is 2. The number of aromatic hydroxyl groups is 1. The third kappa shape index (κ3) is 3.01. The molecule has 7 rings (SSSR count). The number of nitrogens with one attached hydrogen (secondary N) is 1. The Kier molecular flexibility index (Phi) is 3.94. The summed E-state index contributed by atoms with van der Waals surface area (Å²) in [6.45, 7) is 0.340. The van der Waals surface area contributed by atoms with Gasteiger partial charge in [-0.3, -0.25) is 9.59 Å². The van der Waals surface area contributed by atoms with Gasteiger partial charge in [-0.1, -0.05) is 6.07 Å². The first-order valence-electron chi connectivity index (χ1n) is 11.1. The molecule has 0 radical (unpaired) electrons. The molecule has 31 heavy (non-hydrogen) atoms. The molecule has 4 saturated carbocycles. The topological polar surface area (TPSA) is 113 Å². The minimum Gasteiger partial charge on any atom is -0.508 e. The van der Waals surface area contributed by atoms with E-state index in [0.717, 1.165) is 32.1 Å². The fraction of sp³-hybridized carbons (Fsp3) is 0.591. The number of carbonyl (C=O) groups excluding carboxylic acids is 2. The molecule has 1 aromatic carbocycles. The van der Waals surface area contributed by atoms with Crippen molar-refractivity contribution >= 4 is 17.5 Å². The van der Waals surface area contributed by atoms with E-state index in [0.29, 0.717) is 24.1 Å². The fourth-order valence-corrected chi connectivity index (χ4v) is 7.14. The summed E-state index contributed by atoms with van der Waals surface area (Å²) in [5.74, 6) is 0.712. The Morgan fingerprint density at radius 1 is 1.19 bits per heavy atom. The molecule has 5 fully saturated rings. The quantitative estimate of drug-likeness (QED) is 0.774. The average Bonchev–Trinajstić information content (AvgIpc) is 3.37. The maximum atomic E-state index is 13.3. The average molecular weight is 422 g/mol. The summed E-state index contributed by atoms with van der Waals surface area (Å²) in [5, 5.41) is 25.7. The van der Waals surface area contributed by atoms with Crippen LogP contribution in [0.3, 0.4) is 0 Å². The summed E-state index contributed by atoms with van der Waals surface area (Å²) in [6.07, 6.45) is 7.79. The predicted molar refractivity (Wildman–Crippen MR) is 110 cm³/mol. The van der Waals surface area contributed by atoms with Crippen molar-refractivity contribution in [1.29, 1.82) is 0 Å². The number of aromatic nitrogens is 4. The fourth-order valence-electron chi connectivity index (χ4n) is 7.14. The molecule has 9 nitrogen and oxygen atoms in total. The van der Waals surface area contributed by atoms with E-state index in [4.69, 9.17) is 0 Å². The minimum atomic E-state index is -0.386. The van der Waals surface area contributed by atoms with Crippen LogP contribution in [-0.2, 0) is 15.1 Å². The van der Waals surface area contributed by atoms with Crippen LogP contribution >= 0.6 is 0 Å². The first kappa shape index (κ1) is 18.8. The Morgan fingerprint density at radius 2 is 2.00 bits per heavy atom. The van der Waals surface area contributed by atoms with Crippen molar-refractivity contribution in [2.45, 2.75) is 56.0 Å². The van der Waals surface area contributed by atoms with Gasteiger partial charge in [-0.25, -0.2) is 0 Å². The van der Waals surface area contributed by atoms with Gasteiger partial charge in [-0.05, 0) is 67.7 Å². The van der Waals surface area contributed by atoms with Crippen molar-refractivity contribution in [2.24, 2.45) is 17.8 Å². The lowest BCUT2D eigenvalue weighted by molar-refractivity contribution is -0.135. The molecule has 2 N–H and O–H groups in total. The van der Waals surface area contributed by atoms with Crippen LogP contribution in [0.25, 0.3) is 0 Å². The van der Waals surface area contributed by atoms with E-state index in [1.807, 2.05) is 0 Å². The van der Waals surface area contributed by atoms with Gasteiger partial charge < -0.3 is 15.3 Å². The molecule has 5 aliphatic rings. The molecule has 3 atom stereocenters. The second-order valence-electron chi connectivity index (χ2n) is 10.1. The van der Waals surface area contributed by atoms with Gasteiger partial charge in [0.25, 0.3) is 0 Å². The SMILES string of the molecule is O=C(NC12CC3CC(C1)CC(n1ncnn1)(C3)C2)C1CC(=O)N(c2cccc(O)c2)C1. The molecular weight excluding hydrogens is 396 g/mol. The van der Waals surface area contributed by atoms with Crippen molar-refractivity contribution in [2.75, 3.05) is 11.4 Å². The summed E-state index contributed by atoms with van der Waals surface area (Å²) in [5.41, 5.74) is 0.217. The highest BCUT2D eigenvalue weighted by atomic mass is 16.3. The van der Waals surface area contributed by atoms with E-state index in [1.165, 1.54) is 12.7 Å². The number of amides is 2. The Bertz CT molecular complexity index is 1020. The minimum absolute atomic E-state index is 0.0420.